The van der Waals surface area contributed by atoms with Crippen LogP contribution >= 0.6 is 0 Å². The van der Waals surface area contributed by atoms with Crippen molar-refractivity contribution < 1.29 is 9.53 Å². The first-order chi connectivity index (χ1) is 3.18. The fraction of sp³-hybridized carbons (Fsp3) is 0.833. The first-order valence-corrected chi connectivity index (χ1v) is 2.26. The van der Waals surface area contributed by atoms with Crippen molar-refractivity contribution in [2.24, 2.45) is 5.92 Å². The zero-order chi connectivity index (χ0) is 5.86. The van der Waals surface area contributed by atoms with Gasteiger partial charge in [-0.2, -0.15) is 0 Å². The minimum atomic E-state index is -0.153. The molecule has 50 valence electrons. The smallest absolute Gasteiger partial charge is 0.308 e. The van der Waals surface area contributed by atoms with Gasteiger partial charge in [0.25, 0.3) is 0 Å². The van der Waals surface area contributed by atoms with E-state index >= 15 is 0 Å². The van der Waals surface area contributed by atoms with Gasteiger partial charge in [-0.25, -0.2) is 0 Å². The largest absolute Gasteiger partial charge is 0.469 e. The van der Waals surface area contributed by atoms with Gasteiger partial charge >= 0.3 is 5.97 Å². The van der Waals surface area contributed by atoms with Crippen LogP contribution < -0.4 is 0 Å². The quantitative estimate of drug-likeness (QED) is 0.487. The zero-order valence-corrected chi connectivity index (χ0v) is 4.89. The predicted molar refractivity (Wildman–Crippen MR) is 33.6 cm³/mol. The fourth-order valence-electron chi connectivity index (χ4n) is 0.236. The lowest BCUT2D eigenvalue weighted by atomic mass is 10.2. The topological polar surface area (TPSA) is 26.3 Å². The van der Waals surface area contributed by atoms with Gasteiger partial charge in [0.2, 0.25) is 0 Å². The van der Waals surface area contributed by atoms with E-state index in [1.807, 2.05) is 0 Å². The lowest BCUT2D eigenvalue weighted by Gasteiger charge is -1.97. The van der Waals surface area contributed by atoms with E-state index in [4.69, 9.17) is 0 Å². The highest BCUT2D eigenvalue weighted by atomic mass is 16.5. The molecule has 0 aromatic carbocycles. The van der Waals surface area contributed by atoms with Gasteiger partial charge < -0.3 is 4.74 Å². The summed E-state index contributed by atoms with van der Waals surface area (Å²) >= 11 is 0. The molecule has 0 amide bonds. The molecule has 0 radical (unpaired) electrons. The van der Waals surface area contributed by atoms with E-state index in [9.17, 15) is 4.79 Å². The molecule has 0 aromatic rings. The molecule has 0 aliphatic carbocycles. The highest BCUT2D eigenvalue weighted by Gasteiger charge is 2.03. The second kappa shape index (κ2) is 4.62. The second-order valence-corrected chi connectivity index (χ2v) is 1.68. The van der Waals surface area contributed by atoms with Crippen LogP contribution in [0.2, 0.25) is 0 Å². The van der Waals surface area contributed by atoms with E-state index in [2.05, 4.69) is 4.74 Å². The first kappa shape index (κ1) is 10.5. The van der Waals surface area contributed by atoms with Crippen molar-refractivity contribution in [3.63, 3.8) is 0 Å². The highest BCUT2D eigenvalue weighted by Crippen LogP contribution is 1.91. The summed E-state index contributed by atoms with van der Waals surface area (Å²) in [6.45, 7) is 3.59. The minimum absolute atomic E-state index is 0. The lowest BCUT2D eigenvalue weighted by molar-refractivity contribution is -0.144. The average molecular weight is 118 g/mol. The maximum Gasteiger partial charge on any atom is 0.308 e. The van der Waals surface area contributed by atoms with Gasteiger partial charge in [-0.3, -0.25) is 4.79 Å². The van der Waals surface area contributed by atoms with Crippen molar-refractivity contribution in [2.75, 3.05) is 7.11 Å². The molecule has 0 aliphatic heterocycles. The number of hydrogen-bond donors (Lipinski definition) is 0. The molecule has 8 heavy (non-hydrogen) atoms. The van der Waals surface area contributed by atoms with Gasteiger partial charge in [0.15, 0.2) is 0 Å². The van der Waals surface area contributed by atoms with Crippen molar-refractivity contribution in [3.05, 3.63) is 0 Å². The number of carbonyl (C=O) groups excluding carboxylic acids is 1. The van der Waals surface area contributed by atoms with Crippen molar-refractivity contribution in [1.29, 1.82) is 0 Å². The van der Waals surface area contributed by atoms with Crippen molar-refractivity contribution in [1.82, 2.24) is 0 Å². The number of rotatable bonds is 1. The third kappa shape index (κ3) is 3.65. The molecular formula is C6H14O2. The predicted octanol–water partition coefficient (Wildman–Crippen LogP) is 1.45. The normalized spacial score (nSPS) is 8.00. The number of ether oxygens (including phenoxy) is 1. The summed E-state index contributed by atoms with van der Waals surface area (Å²) in [5, 5.41) is 0. The molecule has 0 saturated heterocycles. The Morgan fingerprint density at radius 3 is 1.88 bits per heavy atom. The molecule has 0 unspecified atom stereocenters. The van der Waals surface area contributed by atoms with Gasteiger partial charge in [-0.05, 0) is 0 Å². The van der Waals surface area contributed by atoms with Gasteiger partial charge in [-0.1, -0.05) is 21.3 Å². The second-order valence-electron chi connectivity index (χ2n) is 1.68. The number of methoxy groups -OCH3 is 1. The van der Waals surface area contributed by atoms with E-state index in [0.29, 0.717) is 0 Å². The van der Waals surface area contributed by atoms with Crippen molar-refractivity contribution in [2.45, 2.75) is 21.3 Å². The summed E-state index contributed by atoms with van der Waals surface area (Å²) in [5.41, 5.74) is 0. The molecule has 0 atom stereocenters. The molecule has 0 N–H and O–H groups in total. The molecule has 0 heterocycles. The molecule has 0 bridgehead atoms. The zero-order valence-electron chi connectivity index (χ0n) is 4.89. The van der Waals surface area contributed by atoms with Crippen molar-refractivity contribution >= 4 is 5.97 Å². The fourth-order valence-corrected chi connectivity index (χ4v) is 0.236. The highest BCUT2D eigenvalue weighted by molar-refractivity contribution is 5.71. The summed E-state index contributed by atoms with van der Waals surface area (Å²) in [4.78, 5) is 10.3. The Kier molecular flexibility index (Phi) is 6.04. The van der Waals surface area contributed by atoms with Gasteiger partial charge in [-0.15, -0.1) is 0 Å². The number of hydrogen-bond acceptors (Lipinski definition) is 2. The molecule has 0 fully saturated rings. The molecule has 0 aliphatic rings. The molecule has 2 nitrogen and oxygen atoms in total. The van der Waals surface area contributed by atoms with Crippen LogP contribution in [0.1, 0.15) is 21.3 Å². The Labute approximate surface area is 50.8 Å². The van der Waals surface area contributed by atoms with Crippen LogP contribution in [0.25, 0.3) is 0 Å². The van der Waals surface area contributed by atoms with Gasteiger partial charge in [0, 0.05) is 0 Å². The molecule has 0 saturated carbocycles. The van der Waals surface area contributed by atoms with Crippen molar-refractivity contribution in [3.8, 4) is 0 Å². The number of carbonyl (C=O) groups is 1. The third-order valence-corrected chi connectivity index (χ3v) is 0.673. The standard InChI is InChI=1S/C5H10O2.CH4/c1-4(2)5(6)7-3;/h4H,1-3H3;1H4. The third-order valence-electron chi connectivity index (χ3n) is 0.673. The van der Waals surface area contributed by atoms with Crippen LogP contribution in [0.4, 0.5) is 0 Å². The Bertz CT molecular complexity index is 66.9. The lowest BCUT2D eigenvalue weighted by Crippen LogP contribution is -2.07. The Hall–Kier alpha value is -0.530. The summed E-state index contributed by atoms with van der Waals surface area (Å²) in [6.07, 6.45) is 0. The SMILES string of the molecule is C.COC(=O)C(C)C. The summed E-state index contributed by atoms with van der Waals surface area (Å²) < 4.78 is 4.37. The average Bonchev–Trinajstić information content (AvgIpc) is 1.65. The van der Waals surface area contributed by atoms with E-state index in [1.54, 1.807) is 13.8 Å². The summed E-state index contributed by atoms with van der Waals surface area (Å²) in [5.74, 6) is -0.148. The summed E-state index contributed by atoms with van der Waals surface area (Å²) in [7, 11) is 1.39. The van der Waals surface area contributed by atoms with E-state index in [0.717, 1.165) is 0 Å². The Morgan fingerprint density at radius 1 is 1.50 bits per heavy atom. The van der Waals surface area contributed by atoms with Crippen LogP contribution in [0, 0.1) is 5.92 Å². The first-order valence-electron chi connectivity index (χ1n) is 2.26. The maximum absolute atomic E-state index is 10.3. The van der Waals surface area contributed by atoms with Gasteiger partial charge in [0.1, 0.15) is 0 Å². The number of esters is 1. The summed E-state index contributed by atoms with van der Waals surface area (Å²) in [6, 6.07) is 0. The minimum Gasteiger partial charge on any atom is -0.469 e. The molecule has 0 spiro atoms. The molecule has 0 aromatic heterocycles. The van der Waals surface area contributed by atoms with Crippen LogP contribution in [0.15, 0.2) is 0 Å². The Balaban J connectivity index is 0. The van der Waals surface area contributed by atoms with Crippen LogP contribution in [0.5, 0.6) is 0 Å². The van der Waals surface area contributed by atoms with E-state index < -0.39 is 0 Å². The molecule has 2 heteroatoms. The van der Waals surface area contributed by atoms with Gasteiger partial charge in [0.05, 0.1) is 13.0 Å². The van der Waals surface area contributed by atoms with Crippen LogP contribution in [-0.4, -0.2) is 13.1 Å². The Morgan fingerprint density at radius 2 is 1.88 bits per heavy atom. The van der Waals surface area contributed by atoms with E-state index in [-0.39, 0.29) is 19.3 Å². The monoisotopic (exact) mass is 118 g/mol. The maximum atomic E-state index is 10.3. The molecular weight excluding hydrogens is 104 g/mol. The van der Waals surface area contributed by atoms with Crippen LogP contribution in [-0.2, 0) is 9.53 Å². The van der Waals surface area contributed by atoms with E-state index in [1.165, 1.54) is 7.11 Å². The van der Waals surface area contributed by atoms with Crippen LogP contribution in [0.3, 0.4) is 0 Å². The molecule has 0 rings (SSSR count).